The van der Waals surface area contributed by atoms with Crippen molar-refractivity contribution in [2.45, 2.75) is 38.2 Å². The van der Waals surface area contributed by atoms with E-state index in [1.807, 2.05) is 36.4 Å². The molecule has 0 atom stereocenters. The Bertz CT molecular complexity index is 1180. The molecule has 1 aliphatic carbocycles. The summed E-state index contributed by atoms with van der Waals surface area (Å²) in [5.41, 5.74) is 6.41. The van der Waals surface area contributed by atoms with Crippen molar-refractivity contribution in [1.29, 1.82) is 0 Å². The van der Waals surface area contributed by atoms with E-state index in [9.17, 15) is 14.4 Å². The molecule has 1 aliphatic rings. The maximum atomic E-state index is 12.4. The third kappa shape index (κ3) is 6.82. The molecule has 0 aromatic heterocycles. The number of primary amides is 1. The molecule has 0 heterocycles. The summed E-state index contributed by atoms with van der Waals surface area (Å²) in [4.78, 5) is 35.9. The van der Waals surface area contributed by atoms with E-state index in [0.717, 1.165) is 42.2 Å². The maximum absolute atomic E-state index is 12.4. The van der Waals surface area contributed by atoms with Crippen LogP contribution in [0.5, 0.6) is 5.75 Å². The fourth-order valence-corrected chi connectivity index (χ4v) is 4.50. The minimum absolute atomic E-state index is 0.116. The molecule has 3 amide bonds. The zero-order valence-electron chi connectivity index (χ0n) is 19.7. The van der Waals surface area contributed by atoms with Crippen LogP contribution < -0.4 is 21.1 Å². The Labute approximate surface area is 205 Å². The van der Waals surface area contributed by atoms with Gasteiger partial charge < -0.3 is 21.1 Å². The van der Waals surface area contributed by atoms with E-state index in [0.29, 0.717) is 36.6 Å². The average Bonchev–Trinajstić information content (AvgIpc) is 2.87. The molecule has 3 aromatic rings. The normalized spacial score (nSPS) is 17.5. The van der Waals surface area contributed by atoms with Crippen molar-refractivity contribution in [3.8, 4) is 5.75 Å². The van der Waals surface area contributed by atoms with E-state index >= 15 is 0 Å². The van der Waals surface area contributed by atoms with Crippen LogP contribution >= 0.6 is 0 Å². The van der Waals surface area contributed by atoms with Crippen LogP contribution in [0.4, 0.5) is 0 Å². The van der Waals surface area contributed by atoms with Gasteiger partial charge in [-0.1, -0.05) is 30.3 Å². The van der Waals surface area contributed by atoms with Gasteiger partial charge in [0.2, 0.25) is 5.91 Å². The first-order valence-corrected chi connectivity index (χ1v) is 12.1. The van der Waals surface area contributed by atoms with Crippen molar-refractivity contribution in [1.82, 2.24) is 10.6 Å². The summed E-state index contributed by atoms with van der Waals surface area (Å²) in [5.74, 6) is 0.465. The Balaban J connectivity index is 1.18. The molecule has 0 saturated heterocycles. The molecule has 7 heteroatoms. The Morgan fingerprint density at radius 1 is 0.771 bits per heavy atom. The lowest BCUT2D eigenvalue weighted by atomic mass is 9.85. The van der Waals surface area contributed by atoms with Gasteiger partial charge in [-0.05, 0) is 78.8 Å². The Hall–Kier alpha value is -3.87. The molecular weight excluding hydrogens is 442 g/mol. The SMILES string of the molecule is NC(=O)CC1CCC(Oc2ccc(C(=O)NCCNC(=O)c3ccc4ccccc4c3)cc2)CC1. The molecule has 1 saturated carbocycles. The van der Waals surface area contributed by atoms with Crippen LogP contribution in [0.3, 0.4) is 0 Å². The van der Waals surface area contributed by atoms with Gasteiger partial charge >= 0.3 is 0 Å². The summed E-state index contributed by atoms with van der Waals surface area (Å²) >= 11 is 0. The van der Waals surface area contributed by atoms with E-state index in [1.165, 1.54) is 0 Å². The number of hydrogen-bond donors (Lipinski definition) is 3. The van der Waals surface area contributed by atoms with Crippen molar-refractivity contribution in [3.05, 3.63) is 77.9 Å². The van der Waals surface area contributed by atoms with Crippen molar-refractivity contribution < 1.29 is 19.1 Å². The fourth-order valence-electron chi connectivity index (χ4n) is 4.50. The summed E-state index contributed by atoms with van der Waals surface area (Å²) in [6, 6.07) is 20.5. The lowest BCUT2D eigenvalue weighted by Crippen LogP contribution is -2.34. The zero-order chi connectivity index (χ0) is 24.6. The van der Waals surface area contributed by atoms with Gasteiger partial charge in [-0.15, -0.1) is 0 Å². The lowest BCUT2D eigenvalue weighted by molar-refractivity contribution is -0.119. The predicted octanol–water partition coefficient (Wildman–Crippen LogP) is 3.81. The number of nitrogens with one attached hydrogen (secondary N) is 2. The van der Waals surface area contributed by atoms with Gasteiger partial charge in [0.25, 0.3) is 11.8 Å². The van der Waals surface area contributed by atoms with Crippen LogP contribution in [0.2, 0.25) is 0 Å². The molecule has 7 nitrogen and oxygen atoms in total. The van der Waals surface area contributed by atoms with Crippen LogP contribution in [0.15, 0.2) is 66.7 Å². The van der Waals surface area contributed by atoms with E-state index in [-0.39, 0.29) is 23.8 Å². The molecule has 182 valence electrons. The van der Waals surface area contributed by atoms with Crippen LogP contribution in [-0.4, -0.2) is 36.9 Å². The van der Waals surface area contributed by atoms with E-state index in [4.69, 9.17) is 10.5 Å². The van der Waals surface area contributed by atoms with Gasteiger partial charge in [0.05, 0.1) is 6.10 Å². The second kappa shape index (κ2) is 11.5. The average molecular weight is 474 g/mol. The van der Waals surface area contributed by atoms with Crippen molar-refractivity contribution in [3.63, 3.8) is 0 Å². The van der Waals surface area contributed by atoms with Crippen LogP contribution in [0, 0.1) is 5.92 Å². The molecule has 3 aromatic carbocycles. The van der Waals surface area contributed by atoms with Crippen LogP contribution in [-0.2, 0) is 4.79 Å². The summed E-state index contributed by atoms with van der Waals surface area (Å²) in [6.45, 7) is 0.655. The van der Waals surface area contributed by atoms with E-state index in [1.54, 1.807) is 30.3 Å². The highest BCUT2D eigenvalue weighted by molar-refractivity contribution is 5.98. The molecule has 0 radical (unpaired) electrons. The van der Waals surface area contributed by atoms with E-state index < -0.39 is 0 Å². The largest absolute Gasteiger partial charge is 0.490 e. The van der Waals surface area contributed by atoms with Crippen LogP contribution in [0.1, 0.15) is 52.8 Å². The number of carbonyl (C=O) groups excluding carboxylic acids is 3. The molecule has 4 N–H and O–H groups in total. The quantitative estimate of drug-likeness (QED) is 0.410. The van der Waals surface area contributed by atoms with Gasteiger partial charge in [0.1, 0.15) is 5.75 Å². The van der Waals surface area contributed by atoms with Crippen LogP contribution in [0.25, 0.3) is 10.8 Å². The molecule has 0 unspecified atom stereocenters. The number of carbonyl (C=O) groups is 3. The first-order valence-electron chi connectivity index (χ1n) is 12.1. The van der Waals surface area contributed by atoms with Gasteiger partial charge in [0, 0.05) is 30.6 Å². The minimum atomic E-state index is -0.240. The van der Waals surface area contributed by atoms with Gasteiger partial charge in [0.15, 0.2) is 0 Å². The van der Waals surface area contributed by atoms with Gasteiger partial charge in [-0.25, -0.2) is 0 Å². The summed E-state index contributed by atoms with van der Waals surface area (Å²) in [7, 11) is 0. The number of ether oxygens (including phenoxy) is 1. The highest BCUT2D eigenvalue weighted by atomic mass is 16.5. The number of amides is 3. The van der Waals surface area contributed by atoms with Gasteiger partial charge in [-0.2, -0.15) is 0 Å². The first kappa shape index (κ1) is 24.3. The smallest absolute Gasteiger partial charge is 0.251 e. The molecule has 0 aliphatic heterocycles. The summed E-state index contributed by atoms with van der Waals surface area (Å²) in [5, 5.41) is 7.76. The monoisotopic (exact) mass is 473 g/mol. The van der Waals surface area contributed by atoms with E-state index in [2.05, 4.69) is 10.6 Å². The Kier molecular flexibility index (Phi) is 7.98. The van der Waals surface area contributed by atoms with Crippen molar-refractivity contribution in [2.75, 3.05) is 13.1 Å². The first-order chi connectivity index (χ1) is 17.0. The van der Waals surface area contributed by atoms with Crippen molar-refractivity contribution >= 4 is 28.5 Å². The standard InChI is InChI=1S/C28H31N3O4/c29-26(32)17-19-5-11-24(12-6-19)35-25-13-9-21(10-14-25)27(33)30-15-16-31-28(34)23-8-7-20-3-1-2-4-22(20)18-23/h1-4,7-10,13-14,18-19,24H,5-6,11-12,15-17H2,(H2,29,32)(H,30,33)(H,31,34). The Morgan fingerprint density at radius 2 is 1.37 bits per heavy atom. The topological polar surface area (TPSA) is 111 Å². The third-order valence-electron chi connectivity index (χ3n) is 6.41. The number of hydrogen-bond acceptors (Lipinski definition) is 4. The lowest BCUT2D eigenvalue weighted by Gasteiger charge is -2.28. The molecule has 1 fully saturated rings. The molecule has 35 heavy (non-hydrogen) atoms. The third-order valence-corrected chi connectivity index (χ3v) is 6.41. The Morgan fingerprint density at radius 3 is 2.03 bits per heavy atom. The molecule has 0 spiro atoms. The second-order valence-corrected chi connectivity index (χ2v) is 9.03. The molecule has 4 rings (SSSR count). The second-order valence-electron chi connectivity index (χ2n) is 9.03. The summed E-state index contributed by atoms with van der Waals surface area (Å²) < 4.78 is 6.04. The predicted molar refractivity (Wildman–Crippen MR) is 135 cm³/mol. The van der Waals surface area contributed by atoms with Crippen molar-refractivity contribution in [2.24, 2.45) is 11.7 Å². The highest BCUT2D eigenvalue weighted by Crippen LogP contribution is 2.29. The highest BCUT2D eigenvalue weighted by Gasteiger charge is 2.23. The maximum Gasteiger partial charge on any atom is 0.251 e. The minimum Gasteiger partial charge on any atom is -0.490 e. The number of benzene rings is 3. The van der Waals surface area contributed by atoms with Gasteiger partial charge in [-0.3, -0.25) is 14.4 Å². The molecular formula is C28H31N3O4. The zero-order valence-corrected chi connectivity index (χ0v) is 19.7. The number of nitrogens with two attached hydrogens (primary N) is 1. The number of rotatable bonds is 9. The summed E-state index contributed by atoms with van der Waals surface area (Å²) in [6.07, 6.45) is 4.22. The fraction of sp³-hybridized carbons (Fsp3) is 0.321. The molecule has 0 bridgehead atoms. The number of fused-ring (bicyclic) bond motifs is 1.